The van der Waals surface area contributed by atoms with Crippen LogP contribution in [0.25, 0.3) is 16.8 Å². The Morgan fingerprint density at radius 2 is 1.68 bits per heavy atom. The van der Waals surface area contributed by atoms with E-state index in [2.05, 4.69) is 23.0 Å². The zero-order valence-corrected chi connectivity index (χ0v) is 22.3. The Kier molecular flexibility index (Phi) is 10.6. The van der Waals surface area contributed by atoms with Crippen LogP contribution in [0.5, 0.6) is 11.6 Å². The summed E-state index contributed by atoms with van der Waals surface area (Å²) >= 11 is 0. The van der Waals surface area contributed by atoms with E-state index in [1.165, 1.54) is 38.3 Å². The van der Waals surface area contributed by atoms with Crippen molar-refractivity contribution in [3.8, 4) is 28.4 Å². The van der Waals surface area contributed by atoms with E-state index >= 15 is 0 Å². The van der Waals surface area contributed by atoms with Gasteiger partial charge >= 0.3 is 5.97 Å². The number of morpholine rings is 1. The van der Waals surface area contributed by atoms with Gasteiger partial charge in [-0.05, 0) is 30.2 Å². The summed E-state index contributed by atoms with van der Waals surface area (Å²) in [5, 5.41) is 14.0. The fraction of sp³-hybridized carbons (Fsp3) is 0.467. The molecule has 0 amide bonds. The van der Waals surface area contributed by atoms with Crippen molar-refractivity contribution in [3.63, 3.8) is 0 Å². The molecule has 38 heavy (non-hydrogen) atoms. The van der Waals surface area contributed by atoms with Gasteiger partial charge < -0.3 is 19.3 Å². The number of unbranched alkanes of at least 4 members (excludes halogenated alkanes) is 5. The van der Waals surface area contributed by atoms with E-state index in [4.69, 9.17) is 14.2 Å². The summed E-state index contributed by atoms with van der Waals surface area (Å²) < 4.78 is 19.0. The predicted molar refractivity (Wildman–Crippen MR) is 148 cm³/mol. The summed E-state index contributed by atoms with van der Waals surface area (Å²) in [5.74, 6) is 0.0417. The van der Waals surface area contributed by atoms with Crippen molar-refractivity contribution in [2.75, 3.05) is 46.1 Å². The highest BCUT2D eigenvalue weighted by Crippen LogP contribution is 2.31. The maximum Gasteiger partial charge on any atom is 0.342 e. The van der Waals surface area contributed by atoms with Crippen molar-refractivity contribution in [1.82, 2.24) is 14.7 Å². The lowest BCUT2D eigenvalue weighted by atomic mass is 10.0. The van der Waals surface area contributed by atoms with E-state index in [1.54, 1.807) is 4.68 Å². The highest BCUT2D eigenvalue weighted by Gasteiger charge is 2.20. The Labute approximate surface area is 225 Å². The van der Waals surface area contributed by atoms with Gasteiger partial charge in [-0.15, -0.1) is 0 Å². The van der Waals surface area contributed by atoms with Crippen LogP contribution in [0.3, 0.4) is 0 Å². The average Bonchev–Trinajstić information content (AvgIpc) is 3.38. The number of aromatic nitrogens is 2. The first kappa shape index (κ1) is 27.7. The van der Waals surface area contributed by atoms with Gasteiger partial charge in [0.05, 0.1) is 31.7 Å². The number of carboxylic acids is 1. The molecule has 0 saturated carbocycles. The molecule has 1 fully saturated rings. The topological polar surface area (TPSA) is 86.1 Å². The fourth-order valence-electron chi connectivity index (χ4n) is 4.58. The number of rotatable bonds is 15. The molecule has 204 valence electrons. The van der Waals surface area contributed by atoms with Gasteiger partial charge in [0.2, 0.25) is 5.88 Å². The molecule has 0 spiro atoms. The second-order valence-corrected chi connectivity index (χ2v) is 9.54. The van der Waals surface area contributed by atoms with Crippen molar-refractivity contribution in [2.45, 2.75) is 45.4 Å². The lowest BCUT2D eigenvalue weighted by molar-refractivity contribution is 0.0317. The van der Waals surface area contributed by atoms with Crippen LogP contribution in [-0.4, -0.2) is 71.8 Å². The fourth-order valence-corrected chi connectivity index (χ4v) is 4.58. The van der Waals surface area contributed by atoms with E-state index in [0.717, 1.165) is 42.1 Å². The summed E-state index contributed by atoms with van der Waals surface area (Å²) in [7, 11) is 0. The highest BCUT2D eigenvalue weighted by molar-refractivity contribution is 5.90. The van der Waals surface area contributed by atoms with Crippen LogP contribution in [0.4, 0.5) is 0 Å². The number of para-hydroxylation sites is 1. The van der Waals surface area contributed by atoms with E-state index in [-0.39, 0.29) is 11.4 Å². The minimum Gasteiger partial charge on any atom is -0.493 e. The van der Waals surface area contributed by atoms with Gasteiger partial charge in [0.25, 0.3) is 0 Å². The van der Waals surface area contributed by atoms with Gasteiger partial charge in [0.15, 0.2) is 0 Å². The SMILES string of the molecule is CCCCCCCCOc1ccccc1-c1ccc(-n2ncc(C(=O)O)c2OCCN2CCOCC2)cc1. The summed E-state index contributed by atoms with van der Waals surface area (Å²) in [4.78, 5) is 14.0. The third kappa shape index (κ3) is 7.58. The first-order valence-electron chi connectivity index (χ1n) is 13.7. The van der Waals surface area contributed by atoms with Crippen molar-refractivity contribution in [2.24, 2.45) is 0 Å². The number of hydrogen-bond acceptors (Lipinski definition) is 6. The molecule has 1 aromatic heterocycles. The van der Waals surface area contributed by atoms with Crippen LogP contribution < -0.4 is 9.47 Å². The maximum atomic E-state index is 11.8. The van der Waals surface area contributed by atoms with Gasteiger partial charge in [-0.2, -0.15) is 5.10 Å². The Morgan fingerprint density at radius 3 is 2.45 bits per heavy atom. The van der Waals surface area contributed by atoms with Gasteiger partial charge in [-0.3, -0.25) is 4.90 Å². The third-order valence-electron chi connectivity index (χ3n) is 6.77. The Morgan fingerprint density at radius 1 is 0.947 bits per heavy atom. The predicted octanol–water partition coefficient (Wildman–Crippen LogP) is 5.69. The normalized spacial score (nSPS) is 13.9. The molecule has 1 N–H and O–H groups in total. The third-order valence-corrected chi connectivity index (χ3v) is 6.77. The molecule has 1 aliphatic heterocycles. The van der Waals surface area contributed by atoms with Crippen molar-refractivity contribution in [1.29, 1.82) is 0 Å². The minimum atomic E-state index is -1.06. The van der Waals surface area contributed by atoms with Crippen LogP contribution in [-0.2, 0) is 4.74 Å². The summed E-state index contributed by atoms with van der Waals surface area (Å²) in [6.45, 7) is 7.11. The van der Waals surface area contributed by atoms with Gasteiger partial charge in [-0.1, -0.05) is 69.4 Å². The Bertz CT molecular complexity index is 1140. The second-order valence-electron chi connectivity index (χ2n) is 9.54. The van der Waals surface area contributed by atoms with Crippen molar-refractivity contribution in [3.05, 3.63) is 60.3 Å². The largest absolute Gasteiger partial charge is 0.493 e. The number of nitrogens with zero attached hydrogens (tertiary/aromatic N) is 3. The van der Waals surface area contributed by atoms with E-state index in [9.17, 15) is 9.90 Å². The molecule has 4 rings (SSSR count). The monoisotopic (exact) mass is 521 g/mol. The van der Waals surface area contributed by atoms with Gasteiger partial charge in [0.1, 0.15) is 17.9 Å². The van der Waals surface area contributed by atoms with E-state index in [1.807, 2.05) is 42.5 Å². The van der Waals surface area contributed by atoms with Gasteiger partial charge in [0, 0.05) is 25.2 Å². The lowest BCUT2D eigenvalue weighted by Gasteiger charge is -2.26. The van der Waals surface area contributed by atoms with Crippen LogP contribution >= 0.6 is 0 Å². The van der Waals surface area contributed by atoms with Crippen LogP contribution in [0.1, 0.15) is 55.8 Å². The Balaban J connectivity index is 1.42. The molecular formula is C30H39N3O5. The zero-order chi connectivity index (χ0) is 26.6. The molecule has 0 aliphatic carbocycles. The standard InChI is InChI=1S/C30H39N3O5/c1-2-3-4-5-6-9-19-37-28-11-8-7-10-26(28)24-12-14-25(15-13-24)33-29(27(23-31-33)30(34)35)38-22-18-32-16-20-36-21-17-32/h7-8,10-15,23H,2-6,9,16-22H2,1H3,(H,34,35). The number of carbonyl (C=O) groups is 1. The molecular weight excluding hydrogens is 482 g/mol. The molecule has 0 atom stereocenters. The van der Waals surface area contributed by atoms with Crippen LogP contribution in [0, 0.1) is 0 Å². The van der Waals surface area contributed by atoms with E-state index in [0.29, 0.717) is 33.0 Å². The number of ether oxygens (including phenoxy) is 3. The van der Waals surface area contributed by atoms with Crippen molar-refractivity contribution >= 4 is 5.97 Å². The lowest BCUT2D eigenvalue weighted by Crippen LogP contribution is -2.38. The molecule has 0 radical (unpaired) electrons. The zero-order valence-electron chi connectivity index (χ0n) is 22.3. The highest BCUT2D eigenvalue weighted by atomic mass is 16.5. The summed E-state index contributed by atoms with van der Waals surface area (Å²) in [6, 6.07) is 15.9. The number of hydrogen-bond donors (Lipinski definition) is 1. The van der Waals surface area contributed by atoms with Crippen molar-refractivity contribution < 1.29 is 24.1 Å². The van der Waals surface area contributed by atoms with Gasteiger partial charge in [-0.25, -0.2) is 9.48 Å². The van der Waals surface area contributed by atoms with Crippen LogP contribution in [0.15, 0.2) is 54.7 Å². The minimum absolute atomic E-state index is 0.0458. The molecule has 1 aliphatic rings. The first-order valence-corrected chi connectivity index (χ1v) is 13.7. The molecule has 0 bridgehead atoms. The molecule has 2 heterocycles. The number of carboxylic acid groups (broad SMARTS) is 1. The molecule has 1 saturated heterocycles. The quantitative estimate of drug-likeness (QED) is 0.257. The molecule has 0 unspecified atom stereocenters. The first-order chi connectivity index (χ1) is 18.7. The number of benzene rings is 2. The average molecular weight is 522 g/mol. The van der Waals surface area contributed by atoms with Crippen LogP contribution in [0.2, 0.25) is 0 Å². The Hall–Kier alpha value is -3.36. The summed E-state index contributed by atoms with van der Waals surface area (Å²) in [5.41, 5.74) is 2.82. The molecule has 8 nitrogen and oxygen atoms in total. The maximum absolute atomic E-state index is 11.8. The second kappa shape index (κ2) is 14.5. The van der Waals surface area contributed by atoms with E-state index < -0.39 is 5.97 Å². The molecule has 8 heteroatoms. The molecule has 2 aromatic carbocycles. The smallest absolute Gasteiger partial charge is 0.342 e. The number of aromatic carboxylic acids is 1. The molecule has 3 aromatic rings. The summed E-state index contributed by atoms with van der Waals surface area (Å²) in [6.07, 6.45) is 8.70.